The number of aromatic nitrogens is 2. The van der Waals surface area contributed by atoms with Crippen LogP contribution in [0.1, 0.15) is 11.3 Å². The molecule has 1 aromatic carbocycles. The van der Waals surface area contributed by atoms with Crippen molar-refractivity contribution in [2.24, 2.45) is 11.5 Å². The van der Waals surface area contributed by atoms with Crippen molar-refractivity contribution in [2.75, 3.05) is 0 Å². The number of furan rings is 1. The second-order valence-corrected chi connectivity index (χ2v) is 5.91. The Bertz CT molecular complexity index is 1140. The number of amidine groups is 2. The molecule has 0 aliphatic rings. The van der Waals surface area contributed by atoms with Crippen LogP contribution in [0.3, 0.4) is 0 Å². The summed E-state index contributed by atoms with van der Waals surface area (Å²) in [5, 5.41) is 15.9. The SMILES string of the molecule is N=C(N)c1ccc2cc(-c3ccc(-c4ccc(C(=N)N)nc4)o3)[nH]c2c1. The minimum Gasteiger partial charge on any atom is -0.454 e. The standard InChI is InChI=1S/C19H16N6O/c20-18(21)11-2-1-10-7-15(25-14(10)8-11)17-6-5-16(26-17)12-3-4-13(19(22)23)24-9-12/h1-9,25H,(H3,20,21)(H3,22,23). The minimum absolute atomic E-state index is 0.0323. The first-order valence-corrected chi connectivity index (χ1v) is 7.89. The highest BCUT2D eigenvalue weighted by Crippen LogP contribution is 2.30. The van der Waals surface area contributed by atoms with Crippen molar-refractivity contribution in [3.8, 4) is 22.8 Å². The molecule has 4 rings (SSSR count). The molecule has 0 aliphatic carbocycles. The zero-order chi connectivity index (χ0) is 18.3. The molecule has 3 aromatic heterocycles. The highest BCUT2D eigenvalue weighted by atomic mass is 16.3. The van der Waals surface area contributed by atoms with Gasteiger partial charge in [0.05, 0.1) is 5.69 Å². The number of nitrogens with two attached hydrogens (primary N) is 2. The van der Waals surface area contributed by atoms with Gasteiger partial charge < -0.3 is 20.9 Å². The molecule has 0 amide bonds. The van der Waals surface area contributed by atoms with Gasteiger partial charge in [-0.15, -0.1) is 0 Å². The van der Waals surface area contributed by atoms with Gasteiger partial charge >= 0.3 is 0 Å². The predicted molar refractivity (Wildman–Crippen MR) is 101 cm³/mol. The van der Waals surface area contributed by atoms with E-state index in [0.29, 0.717) is 22.8 Å². The van der Waals surface area contributed by atoms with Gasteiger partial charge in [-0.1, -0.05) is 12.1 Å². The molecule has 0 radical (unpaired) electrons. The summed E-state index contributed by atoms with van der Waals surface area (Å²) in [5.41, 5.74) is 14.6. The van der Waals surface area contributed by atoms with Crippen LogP contribution in [0.15, 0.2) is 59.1 Å². The smallest absolute Gasteiger partial charge is 0.151 e. The Balaban J connectivity index is 1.68. The van der Waals surface area contributed by atoms with Crippen LogP contribution in [0.25, 0.3) is 33.7 Å². The number of nitrogens with one attached hydrogen (secondary N) is 3. The number of nitrogens with zero attached hydrogens (tertiary/aromatic N) is 1. The van der Waals surface area contributed by atoms with Crippen molar-refractivity contribution in [1.82, 2.24) is 9.97 Å². The molecular formula is C19H16N6O. The molecule has 7 nitrogen and oxygen atoms in total. The number of pyridine rings is 1. The van der Waals surface area contributed by atoms with Crippen molar-refractivity contribution in [1.29, 1.82) is 10.8 Å². The summed E-state index contributed by atoms with van der Waals surface area (Å²) in [7, 11) is 0. The fourth-order valence-electron chi connectivity index (χ4n) is 2.76. The lowest BCUT2D eigenvalue weighted by atomic mass is 10.1. The molecule has 128 valence electrons. The largest absolute Gasteiger partial charge is 0.454 e. The minimum atomic E-state index is -0.0697. The molecule has 3 heterocycles. The molecular weight excluding hydrogens is 328 g/mol. The number of hydrogen-bond acceptors (Lipinski definition) is 4. The Labute approximate surface area is 148 Å². The van der Waals surface area contributed by atoms with E-state index in [1.54, 1.807) is 12.3 Å². The van der Waals surface area contributed by atoms with Gasteiger partial charge in [-0.05, 0) is 36.4 Å². The van der Waals surface area contributed by atoms with Gasteiger partial charge in [0.25, 0.3) is 0 Å². The Morgan fingerprint density at radius 2 is 1.73 bits per heavy atom. The zero-order valence-electron chi connectivity index (χ0n) is 13.7. The van der Waals surface area contributed by atoms with E-state index >= 15 is 0 Å². The molecule has 26 heavy (non-hydrogen) atoms. The molecule has 0 fully saturated rings. The summed E-state index contributed by atoms with van der Waals surface area (Å²) < 4.78 is 5.94. The lowest BCUT2D eigenvalue weighted by molar-refractivity contribution is 0.595. The maximum absolute atomic E-state index is 7.54. The van der Waals surface area contributed by atoms with Gasteiger partial charge in [0.2, 0.25) is 0 Å². The number of hydrogen-bond donors (Lipinski definition) is 5. The van der Waals surface area contributed by atoms with Crippen molar-refractivity contribution in [2.45, 2.75) is 0 Å². The fraction of sp³-hybridized carbons (Fsp3) is 0. The van der Waals surface area contributed by atoms with Crippen LogP contribution >= 0.6 is 0 Å². The zero-order valence-corrected chi connectivity index (χ0v) is 13.7. The Kier molecular flexibility index (Phi) is 3.54. The second kappa shape index (κ2) is 5.89. The third-order valence-electron chi connectivity index (χ3n) is 4.13. The van der Waals surface area contributed by atoms with E-state index in [4.69, 9.17) is 26.7 Å². The van der Waals surface area contributed by atoms with Gasteiger partial charge in [0.1, 0.15) is 23.1 Å². The van der Waals surface area contributed by atoms with Crippen LogP contribution in [-0.2, 0) is 0 Å². The monoisotopic (exact) mass is 344 g/mol. The number of benzene rings is 1. The summed E-state index contributed by atoms with van der Waals surface area (Å²) in [6.45, 7) is 0. The van der Waals surface area contributed by atoms with Gasteiger partial charge in [-0.3, -0.25) is 15.8 Å². The van der Waals surface area contributed by atoms with Crippen molar-refractivity contribution < 1.29 is 4.42 Å². The quantitative estimate of drug-likeness (QED) is 0.286. The third kappa shape index (κ3) is 2.71. The lowest BCUT2D eigenvalue weighted by Gasteiger charge is -1.99. The molecule has 7 heteroatoms. The van der Waals surface area contributed by atoms with E-state index < -0.39 is 0 Å². The second-order valence-electron chi connectivity index (χ2n) is 5.91. The number of nitrogen functional groups attached to an aromatic ring is 2. The topological polar surface area (TPSA) is 142 Å². The third-order valence-corrected chi connectivity index (χ3v) is 4.13. The van der Waals surface area contributed by atoms with Crippen LogP contribution in [0.4, 0.5) is 0 Å². The van der Waals surface area contributed by atoms with Crippen LogP contribution in [-0.4, -0.2) is 21.6 Å². The molecule has 0 unspecified atom stereocenters. The Morgan fingerprint density at radius 3 is 2.42 bits per heavy atom. The average Bonchev–Trinajstić information content (AvgIpc) is 3.27. The highest BCUT2D eigenvalue weighted by Gasteiger charge is 2.11. The first-order valence-electron chi connectivity index (χ1n) is 7.89. The van der Waals surface area contributed by atoms with E-state index in [0.717, 1.165) is 22.2 Å². The van der Waals surface area contributed by atoms with Gasteiger partial charge in [0.15, 0.2) is 5.76 Å². The Morgan fingerprint density at radius 1 is 0.923 bits per heavy atom. The summed E-state index contributed by atoms with van der Waals surface area (Å²) in [4.78, 5) is 7.44. The molecule has 0 saturated carbocycles. The average molecular weight is 344 g/mol. The highest BCUT2D eigenvalue weighted by molar-refractivity contribution is 5.99. The summed E-state index contributed by atoms with van der Waals surface area (Å²) >= 11 is 0. The molecule has 0 aliphatic heterocycles. The summed E-state index contributed by atoms with van der Waals surface area (Å²) in [6.07, 6.45) is 1.63. The van der Waals surface area contributed by atoms with E-state index in [1.165, 1.54) is 0 Å². The van der Waals surface area contributed by atoms with Crippen LogP contribution < -0.4 is 11.5 Å². The summed E-state index contributed by atoms with van der Waals surface area (Å²) in [5.74, 6) is 1.33. The van der Waals surface area contributed by atoms with Gasteiger partial charge in [0, 0.05) is 28.2 Å². The van der Waals surface area contributed by atoms with Crippen LogP contribution in [0.5, 0.6) is 0 Å². The lowest BCUT2D eigenvalue weighted by Crippen LogP contribution is -2.12. The molecule has 0 spiro atoms. The predicted octanol–water partition coefficient (Wildman–Crippen LogP) is 3.06. The number of H-pyrrole nitrogens is 1. The van der Waals surface area contributed by atoms with E-state index in [-0.39, 0.29) is 11.7 Å². The van der Waals surface area contributed by atoms with Gasteiger partial charge in [-0.25, -0.2) is 0 Å². The number of aromatic amines is 1. The fourth-order valence-corrected chi connectivity index (χ4v) is 2.76. The summed E-state index contributed by atoms with van der Waals surface area (Å²) in [6, 6.07) is 14.8. The first-order chi connectivity index (χ1) is 12.5. The molecule has 7 N–H and O–H groups in total. The van der Waals surface area contributed by atoms with Crippen LogP contribution in [0, 0.1) is 10.8 Å². The van der Waals surface area contributed by atoms with Crippen molar-refractivity contribution in [3.05, 3.63) is 66.0 Å². The van der Waals surface area contributed by atoms with Crippen LogP contribution in [0.2, 0.25) is 0 Å². The molecule has 0 bridgehead atoms. The van der Waals surface area contributed by atoms with E-state index in [1.807, 2.05) is 42.5 Å². The number of fused-ring (bicyclic) bond motifs is 1. The normalized spacial score (nSPS) is 10.9. The molecule has 0 atom stereocenters. The maximum Gasteiger partial charge on any atom is 0.151 e. The van der Waals surface area contributed by atoms with E-state index in [9.17, 15) is 0 Å². The number of rotatable bonds is 4. The molecule has 4 aromatic rings. The Hall–Kier alpha value is -3.87. The first kappa shape index (κ1) is 15.6. The maximum atomic E-state index is 7.54. The molecule has 0 saturated heterocycles. The van der Waals surface area contributed by atoms with Gasteiger partial charge in [-0.2, -0.15) is 0 Å². The van der Waals surface area contributed by atoms with E-state index in [2.05, 4.69) is 9.97 Å². The van der Waals surface area contributed by atoms with Crippen molar-refractivity contribution in [3.63, 3.8) is 0 Å². The van der Waals surface area contributed by atoms with Crippen molar-refractivity contribution >= 4 is 22.6 Å².